The van der Waals surface area contributed by atoms with E-state index in [1.54, 1.807) is 6.20 Å². The Kier molecular flexibility index (Phi) is 3.45. The van der Waals surface area contributed by atoms with Gasteiger partial charge in [0, 0.05) is 6.20 Å². The van der Waals surface area contributed by atoms with Crippen LogP contribution >= 0.6 is 0 Å². The lowest BCUT2D eigenvalue weighted by atomic mass is 9.96. The Hall–Kier alpha value is -2.24. The molecule has 1 fully saturated rings. The molecule has 1 aliphatic carbocycles. The molecule has 110 valence electrons. The summed E-state index contributed by atoms with van der Waals surface area (Å²) in [6, 6.07) is 3.77. The van der Waals surface area contributed by atoms with Crippen molar-refractivity contribution >= 4 is 5.97 Å². The molecule has 1 aliphatic rings. The summed E-state index contributed by atoms with van der Waals surface area (Å²) in [4.78, 5) is 20.0. The maximum atomic E-state index is 11.4. The number of aliphatic carboxylic acids is 1. The van der Waals surface area contributed by atoms with E-state index in [1.165, 1.54) is 0 Å². The van der Waals surface area contributed by atoms with Crippen molar-refractivity contribution in [2.45, 2.75) is 32.6 Å². The lowest BCUT2D eigenvalue weighted by Gasteiger charge is -2.09. The number of rotatable bonds is 3. The average Bonchev–Trinajstić information content (AvgIpc) is 3.05. The summed E-state index contributed by atoms with van der Waals surface area (Å²) in [7, 11) is 0. The normalized spacial score (nSPS) is 25.1. The van der Waals surface area contributed by atoms with Gasteiger partial charge in [0.25, 0.3) is 0 Å². The second kappa shape index (κ2) is 5.27. The molecule has 6 nitrogen and oxygen atoms in total. The van der Waals surface area contributed by atoms with Crippen LogP contribution in [-0.2, 0) is 4.79 Å². The zero-order valence-electron chi connectivity index (χ0n) is 12.0. The second-order valence-electron chi connectivity index (χ2n) is 5.75. The summed E-state index contributed by atoms with van der Waals surface area (Å²) in [6.45, 7) is 3.98. The van der Waals surface area contributed by atoms with Gasteiger partial charge in [0.2, 0.25) is 11.7 Å². The van der Waals surface area contributed by atoms with Gasteiger partial charge >= 0.3 is 5.97 Å². The van der Waals surface area contributed by atoms with E-state index in [-0.39, 0.29) is 5.92 Å². The molecule has 1 N–H and O–H groups in total. The van der Waals surface area contributed by atoms with Crippen LogP contribution in [0, 0.1) is 18.8 Å². The molecule has 0 amide bonds. The Morgan fingerprint density at radius 1 is 1.43 bits per heavy atom. The summed E-state index contributed by atoms with van der Waals surface area (Å²) in [6.07, 6.45) is 3.09. The molecule has 0 aliphatic heterocycles. The van der Waals surface area contributed by atoms with Crippen molar-refractivity contribution in [2.75, 3.05) is 0 Å². The first-order chi connectivity index (χ1) is 10.1. The molecular formula is C15H17N3O3. The van der Waals surface area contributed by atoms with Crippen molar-refractivity contribution < 1.29 is 14.4 Å². The molecule has 2 heterocycles. The summed E-state index contributed by atoms with van der Waals surface area (Å²) in [5.41, 5.74) is 1.63. The molecule has 6 heteroatoms. The quantitative estimate of drug-likeness (QED) is 0.933. The lowest BCUT2D eigenvalue weighted by Crippen LogP contribution is -2.17. The molecule has 1 saturated carbocycles. The third-order valence-electron chi connectivity index (χ3n) is 4.10. The zero-order valence-corrected chi connectivity index (χ0v) is 12.0. The van der Waals surface area contributed by atoms with Crippen LogP contribution in [0.2, 0.25) is 0 Å². The first-order valence-electron chi connectivity index (χ1n) is 7.04. The van der Waals surface area contributed by atoms with E-state index < -0.39 is 11.9 Å². The maximum absolute atomic E-state index is 11.4. The summed E-state index contributed by atoms with van der Waals surface area (Å²) in [5, 5.41) is 13.3. The first kappa shape index (κ1) is 13.7. The van der Waals surface area contributed by atoms with Gasteiger partial charge in [-0.25, -0.2) is 0 Å². The number of carboxylic acid groups (broad SMARTS) is 1. The highest BCUT2D eigenvalue weighted by Gasteiger charge is 2.41. The van der Waals surface area contributed by atoms with Gasteiger partial charge in [-0.05, 0) is 37.3 Å². The molecule has 3 atom stereocenters. The second-order valence-corrected chi connectivity index (χ2v) is 5.75. The van der Waals surface area contributed by atoms with Crippen LogP contribution in [0.1, 0.15) is 37.1 Å². The SMILES string of the molecule is Cc1cccnc1-c1noc(C2CC(C)CC2C(=O)O)n1. The fourth-order valence-corrected chi connectivity index (χ4v) is 3.04. The number of aromatic nitrogens is 3. The van der Waals surface area contributed by atoms with Crippen LogP contribution in [-0.4, -0.2) is 26.2 Å². The fraction of sp³-hybridized carbons (Fsp3) is 0.467. The standard InChI is InChI=1S/C15H17N3O3/c1-8-6-10(11(7-8)15(19)20)14-17-13(18-21-14)12-9(2)4-3-5-16-12/h3-5,8,10-11H,6-7H2,1-2H3,(H,19,20). The first-order valence-corrected chi connectivity index (χ1v) is 7.04. The number of pyridine rings is 1. The smallest absolute Gasteiger partial charge is 0.307 e. The van der Waals surface area contributed by atoms with E-state index in [4.69, 9.17) is 4.52 Å². The molecule has 0 bridgehead atoms. The molecule has 0 saturated heterocycles. The van der Waals surface area contributed by atoms with Gasteiger partial charge in [0.05, 0.1) is 11.8 Å². The molecule has 3 rings (SSSR count). The highest BCUT2D eigenvalue weighted by molar-refractivity contribution is 5.71. The number of carboxylic acids is 1. The Labute approximate surface area is 122 Å². The molecule has 3 unspecified atom stereocenters. The van der Waals surface area contributed by atoms with Crippen molar-refractivity contribution in [3.63, 3.8) is 0 Å². The Morgan fingerprint density at radius 2 is 2.24 bits per heavy atom. The van der Waals surface area contributed by atoms with Crippen molar-refractivity contribution in [1.29, 1.82) is 0 Å². The number of carbonyl (C=O) groups is 1. The molecule has 2 aromatic rings. The number of nitrogens with zero attached hydrogens (tertiary/aromatic N) is 3. The minimum atomic E-state index is -0.793. The van der Waals surface area contributed by atoms with Crippen molar-refractivity contribution in [2.24, 2.45) is 11.8 Å². The Balaban J connectivity index is 1.92. The van der Waals surface area contributed by atoms with Gasteiger partial charge in [0.15, 0.2) is 0 Å². The van der Waals surface area contributed by atoms with E-state index in [0.717, 1.165) is 12.0 Å². The lowest BCUT2D eigenvalue weighted by molar-refractivity contribution is -0.142. The molecular weight excluding hydrogens is 270 g/mol. The van der Waals surface area contributed by atoms with Crippen LogP contribution in [0.25, 0.3) is 11.5 Å². The van der Waals surface area contributed by atoms with Crippen LogP contribution in [0.3, 0.4) is 0 Å². The Bertz CT molecular complexity index is 668. The van der Waals surface area contributed by atoms with Gasteiger partial charge < -0.3 is 9.63 Å². The Morgan fingerprint density at radius 3 is 2.95 bits per heavy atom. The third kappa shape index (κ3) is 2.53. The highest BCUT2D eigenvalue weighted by atomic mass is 16.5. The van der Waals surface area contributed by atoms with Crippen LogP contribution in [0.5, 0.6) is 0 Å². The zero-order chi connectivity index (χ0) is 15.0. The fourth-order valence-electron chi connectivity index (χ4n) is 3.04. The summed E-state index contributed by atoms with van der Waals surface area (Å²) in [5.74, 6) is -0.263. The van der Waals surface area contributed by atoms with Crippen LogP contribution in [0.4, 0.5) is 0 Å². The van der Waals surface area contributed by atoms with Gasteiger partial charge in [-0.2, -0.15) is 4.98 Å². The van der Waals surface area contributed by atoms with E-state index in [9.17, 15) is 9.90 Å². The average molecular weight is 287 g/mol. The van der Waals surface area contributed by atoms with E-state index in [0.29, 0.717) is 29.7 Å². The van der Waals surface area contributed by atoms with Gasteiger partial charge in [0.1, 0.15) is 5.69 Å². The van der Waals surface area contributed by atoms with Gasteiger partial charge in [-0.1, -0.05) is 18.1 Å². The number of hydrogen-bond donors (Lipinski definition) is 1. The van der Waals surface area contributed by atoms with Gasteiger partial charge in [-0.15, -0.1) is 0 Å². The van der Waals surface area contributed by atoms with E-state index in [1.807, 2.05) is 19.1 Å². The largest absolute Gasteiger partial charge is 0.481 e. The van der Waals surface area contributed by atoms with Crippen LogP contribution < -0.4 is 0 Å². The molecule has 0 radical (unpaired) electrons. The van der Waals surface area contributed by atoms with Crippen molar-refractivity contribution in [1.82, 2.24) is 15.1 Å². The van der Waals surface area contributed by atoms with Crippen molar-refractivity contribution in [3.8, 4) is 11.5 Å². The van der Waals surface area contributed by atoms with Gasteiger partial charge in [-0.3, -0.25) is 9.78 Å². The molecule has 21 heavy (non-hydrogen) atoms. The molecule has 0 spiro atoms. The summed E-state index contributed by atoms with van der Waals surface area (Å²) >= 11 is 0. The van der Waals surface area contributed by atoms with E-state index >= 15 is 0 Å². The van der Waals surface area contributed by atoms with Crippen molar-refractivity contribution in [3.05, 3.63) is 29.8 Å². The third-order valence-corrected chi connectivity index (χ3v) is 4.10. The van der Waals surface area contributed by atoms with E-state index in [2.05, 4.69) is 22.0 Å². The monoisotopic (exact) mass is 287 g/mol. The topological polar surface area (TPSA) is 89.1 Å². The minimum Gasteiger partial charge on any atom is -0.481 e. The maximum Gasteiger partial charge on any atom is 0.307 e. The highest BCUT2D eigenvalue weighted by Crippen LogP contribution is 2.42. The predicted octanol–water partition coefficient (Wildman–Crippen LogP) is 2.65. The molecule has 0 aromatic carbocycles. The molecule has 2 aromatic heterocycles. The van der Waals surface area contributed by atoms with Crippen LogP contribution in [0.15, 0.2) is 22.9 Å². The predicted molar refractivity (Wildman–Crippen MR) is 74.5 cm³/mol. The summed E-state index contributed by atoms with van der Waals surface area (Å²) < 4.78 is 5.32. The number of aryl methyl sites for hydroxylation is 1. The minimum absolute atomic E-state index is 0.206. The number of hydrogen-bond acceptors (Lipinski definition) is 5.